The van der Waals surface area contributed by atoms with E-state index in [1.807, 2.05) is 0 Å². The Morgan fingerprint density at radius 1 is 0.581 bits per heavy atom. The maximum absolute atomic E-state index is 14.1. The van der Waals surface area contributed by atoms with Crippen LogP contribution >= 0.6 is 0 Å². The van der Waals surface area contributed by atoms with Gasteiger partial charge < -0.3 is 0 Å². The number of aromatic nitrogens is 6. The predicted molar refractivity (Wildman–Crippen MR) is 141 cm³/mol. The fourth-order valence-corrected chi connectivity index (χ4v) is 4.46. The van der Waals surface area contributed by atoms with Gasteiger partial charge in [0.15, 0.2) is 5.82 Å². The van der Waals surface area contributed by atoms with Gasteiger partial charge in [-0.1, -0.05) is 0 Å². The van der Waals surface area contributed by atoms with Crippen molar-refractivity contribution in [2.75, 3.05) is 0 Å². The van der Waals surface area contributed by atoms with Crippen LogP contribution in [-0.4, -0.2) is 43.8 Å². The number of nitro groups is 3. The maximum atomic E-state index is 14.1. The first-order valence-electron chi connectivity index (χ1n) is 11.6. The zero-order valence-electron chi connectivity index (χ0n) is 20.7. The van der Waals surface area contributed by atoms with Crippen LogP contribution in [0.2, 0.25) is 0 Å². The minimum Gasteiger partial charge on any atom is -0.268 e. The number of rotatable bonds is 5. The second kappa shape index (κ2) is 9.47. The molecule has 19 heteroatoms. The summed E-state index contributed by atoms with van der Waals surface area (Å²) in [7, 11) is 0. The number of hydrogen-bond acceptors (Lipinski definition) is 12. The van der Waals surface area contributed by atoms with Gasteiger partial charge in [-0.2, -0.15) is 8.78 Å². The lowest BCUT2D eigenvalue weighted by Crippen LogP contribution is -2.21. The van der Waals surface area contributed by atoms with Crippen LogP contribution in [-0.2, 0) is 0 Å². The molecular weight excluding hydrogens is 580 g/mol. The lowest BCUT2D eigenvalue weighted by molar-refractivity contribution is -0.387. The summed E-state index contributed by atoms with van der Waals surface area (Å²) in [6.07, 6.45) is 2.81. The molecule has 17 nitrogen and oxygen atoms in total. The normalized spacial score (nSPS) is 11.3. The van der Waals surface area contributed by atoms with Gasteiger partial charge in [0.05, 0.1) is 47.5 Å². The Hall–Kier alpha value is -6.66. The van der Waals surface area contributed by atoms with E-state index in [0.717, 1.165) is 40.2 Å². The minimum absolute atomic E-state index is 0.0280. The summed E-state index contributed by atoms with van der Waals surface area (Å²) in [5.41, 5.74) is -5.42. The molecule has 3 heterocycles. The van der Waals surface area contributed by atoms with Crippen LogP contribution in [0.4, 0.5) is 25.8 Å². The third kappa shape index (κ3) is 4.15. The van der Waals surface area contributed by atoms with Crippen molar-refractivity contribution in [3.05, 3.63) is 118 Å². The zero-order chi connectivity index (χ0) is 30.7. The Labute approximate surface area is 232 Å². The summed E-state index contributed by atoms with van der Waals surface area (Å²) >= 11 is 0. The minimum atomic E-state index is -1.23. The van der Waals surface area contributed by atoms with E-state index in [4.69, 9.17) is 0 Å². The fraction of sp³-hybridized carbons (Fsp3) is 0. The van der Waals surface area contributed by atoms with Gasteiger partial charge in [-0.25, -0.2) is 24.5 Å². The maximum Gasteiger partial charge on any atom is 0.305 e. The van der Waals surface area contributed by atoms with Crippen molar-refractivity contribution >= 4 is 49.8 Å². The van der Waals surface area contributed by atoms with Crippen molar-refractivity contribution in [1.29, 1.82) is 0 Å². The molecule has 0 saturated heterocycles. The molecule has 212 valence electrons. The van der Waals surface area contributed by atoms with E-state index in [-0.39, 0.29) is 38.8 Å². The van der Waals surface area contributed by atoms with Gasteiger partial charge in [0.2, 0.25) is 11.6 Å². The van der Waals surface area contributed by atoms with Crippen molar-refractivity contribution in [2.45, 2.75) is 0 Å². The average Bonchev–Trinajstić information content (AvgIpc) is 2.96. The van der Waals surface area contributed by atoms with Gasteiger partial charge in [0.1, 0.15) is 24.7 Å². The Morgan fingerprint density at radius 2 is 1.05 bits per heavy atom. The smallest absolute Gasteiger partial charge is 0.268 e. The highest BCUT2D eigenvalue weighted by Crippen LogP contribution is 2.31. The van der Waals surface area contributed by atoms with Crippen LogP contribution in [0.25, 0.3) is 44.2 Å². The molecule has 0 amide bonds. The van der Waals surface area contributed by atoms with E-state index in [9.17, 15) is 48.7 Å². The summed E-state index contributed by atoms with van der Waals surface area (Å²) in [6.45, 7) is 0. The van der Waals surface area contributed by atoms with Gasteiger partial charge in [0, 0.05) is 30.3 Å². The molecule has 0 N–H and O–H groups in total. The van der Waals surface area contributed by atoms with Gasteiger partial charge in [0.25, 0.3) is 16.8 Å². The molecule has 0 unspecified atom stereocenters. The third-order valence-corrected chi connectivity index (χ3v) is 6.44. The summed E-state index contributed by atoms with van der Waals surface area (Å²) in [5, 5.41) is 33.7. The molecule has 3 aromatic heterocycles. The molecule has 0 aliphatic rings. The van der Waals surface area contributed by atoms with Crippen molar-refractivity contribution in [3.63, 3.8) is 0 Å². The van der Waals surface area contributed by atoms with E-state index in [2.05, 4.69) is 19.9 Å². The Balaban J connectivity index is 1.60. The SMILES string of the molecule is O=c1c2cc([N+](=O)[O-])c(F)cc2ncn1-c1cc2ncnc(-n3cnc4cc(F)c([N+](=O)[O-])cc4c3=O)c2cc1[N+](=O)[O-]. The Kier molecular flexibility index (Phi) is 5.85. The number of benzene rings is 3. The summed E-state index contributed by atoms with van der Waals surface area (Å²) in [6, 6.07) is 4.83. The first-order chi connectivity index (χ1) is 20.5. The van der Waals surface area contributed by atoms with Crippen LogP contribution in [0, 0.1) is 42.0 Å². The van der Waals surface area contributed by atoms with E-state index < -0.39 is 60.0 Å². The fourth-order valence-electron chi connectivity index (χ4n) is 4.46. The Bertz CT molecular complexity index is 2380. The first kappa shape index (κ1) is 26.6. The van der Waals surface area contributed by atoms with Gasteiger partial charge in [-0.05, 0) is 6.07 Å². The average molecular weight is 589 g/mol. The van der Waals surface area contributed by atoms with E-state index in [1.54, 1.807) is 0 Å². The Morgan fingerprint density at radius 3 is 1.58 bits per heavy atom. The number of hydrogen-bond donors (Lipinski definition) is 0. The van der Waals surface area contributed by atoms with E-state index in [0.29, 0.717) is 24.3 Å². The molecule has 0 aliphatic carbocycles. The van der Waals surface area contributed by atoms with E-state index in [1.165, 1.54) is 0 Å². The standard InChI is InChI=1S/C24H9F2N9O8/c25-13-4-15-11(2-18(13)33(38)39)23(36)31(8-29-15)20-6-17-10(1-21(20)35(42)43)22(28-7-27-17)32-9-30-16-5-14(26)19(34(40)41)3-12(16)24(32)37/h1-9H. The quantitative estimate of drug-likeness (QED) is 0.209. The summed E-state index contributed by atoms with van der Waals surface area (Å²) < 4.78 is 29.7. The summed E-state index contributed by atoms with van der Waals surface area (Å²) in [4.78, 5) is 74.1. The number of halogens is 2. The molecule has 6 rings (SSSR count). The van der Waals surface area contributed by atoms with Crippen molar-refractivity contribution < 1.29 is 23.6 Å². The molecule has 0 atom stereocenters. The molecule has 0 radical (unpaired) electrons. The molecule has 3 aromatic carbocycles. The van der Waals surface area contributed by atoms with E-state index >= 15 is 0 Å². The third-order valence-electron chi connectivity index (χ3n) is 6.44. The highest BCUT2D eigenvalue weighted by atomic mass is 19.1. The second-order valence-electron chi connectivity index (χ2n) is 8.81. The van der Waals surface area contributed by atoms with Crippen LogP contribution in [0.15, 0.2) is 65.0 Å². The molecule has 0 aliphatic heterocycles. The molecule has 0 bridgehead atoms. The van der Waals surface area contributed by atoms with Crippen LogP contribution in [0.5, 0.6) is 0 Å². The topological polar surface area (TPSA) is 225 Å². The number of fused-ring (bicyclic) bond motifs is 3. The number of nitrogens with zero attached hydrogens (tertiary/aromatic N) is 9. The molecule has 0 fully saturated rings. The second-order valence-corrected chi connectivity index (χ2v) is 8.81. The first-order valence-corrected chi connectivity index (χ1v) is 11.6. The lowest BCUT2D eigenvalue weighted by Gasteiger charge is -2.12. The summed E-state index contributed by atoms with van der Waals surface area (Å²) in [5.74, 6) is -2.68. The van der Waals surface area contributed by atoms with Gasteiger partial charge in [-0.3, -0.25) is 44.5 Å². The molecule has 6 aromatic rings. The lowest BCUT2D eigenvalue weighted by atomic mass is 10.1. The highest BCUT2D eigenvalue weighted by molar-refractivity contribution is 5.91. The van der Waals surface area contributed by atoms with Crippen LogP contribution < -0.4 is 11.1 Å². The van der Waals surface area contributed by atoms with Crippen LogP contribution in [0.1, 0.15) is 0 Å². The van der Waals surface area contributed by atoms with Gasteiger partial charge in [-0.15, -0.1) is 0 Å². The van der Waals surface area contributed by atoms with Gasteiger partial charge >= 0.3 is 11.4 Å². The highest BCUT2D eigenvalue weighted by Gasteiger charge is 2.25. The molecule has 0 saturated carbocycles. The zero-order valence-corrected chi connectivity index (χ0v) is 20.7. The molecule has 0 spiro atoms. The van der Waals surface area contributed by atoms with Crippen molar-refractivity contribution in [2.24, 2.45) is 0 Å². The molecular formula is C24H9F2N9O8. The number of nitro benzene ring substituents is 3. The molecule has 43 heavy (non-hydrogen) atoms. The largest absolute Gasteiger partial charge is 0.305 e. The van der Waals surface area contributed by atoms with Crippen molar-refractivity contribution in [1.82, 2.24) is 29.1 Å². The van der Waals surface area contributed by atoms with Crippen molar-refractivity contribution in [3.8, 4) is 11.5 Å². The monoisotopic (exact) mass is 589 g/mol. The van der Waals surface area contributed by atoms with Crippen LogP contribution in [0.3, 0.4) is 0 Å². The predicted octanol–water partition coefficient (Wildman–Crippen LogP) is 3.03.